The highest BCUT2D eigenvalue weighted by molar-refractivity contribution is 7.80. The van der Waals surface area contributed by atoms with Crippen molar-refractivity contribution in [1.82, 2.24) is 5.43 Å². The molecule has 96 valence electrons. The Morgan fingerprint density at radius 3 is 2.89 bits per heavy atom. The minimum Gasteiger partial charge on any atom is -0.502 e. The van der Waals surface area contributed by atoms with E-state index >= 15 is 0 Å². The molecule has 0 unspecified atom stereocenters. The minimum atomic E-state index is -0.646. The van der Waals surface area contributed by atoms with Gasteiger partial charge in [-0.25, -0.2) is 0 Å². The van der Waals surface area contributed by atoms with Crippen LogP contribution in [0, 0.1) is 10.1 Å². The maximum atomic E-state index is 10.8. The Labute approximate surface area is 108 Å². The average Bonchev–Trinajstić information content (AvgIpc) is 2.30. The summed E-state index contributed by atoms with van der Waals surface area (Å²) < 4.78 is 0. The van der Waals surface area contributed by atoms with E-state index < -0.39 is 10.7 Å². The van der Waals surface area contributed by atoms with Gasteiger partial charge in [0.05, 0.1) is 11.1 Å². The van der Waals surface area contributed by atoms with E-state index in [4.69, 9.17) is 5.73 Å². The summed E-state index contributed by atoms with van der Waals surface area (Å²) in [6, 6.07) is 2.93. The molecule has 0 aliphatic rings. The lowest BCUT2D eigenvalue weighted by Gasteiger charge is -2.04. The van der Waals surface area contributed by atoms with Gasteiger partial charge in [-0.3, -0.25) is 15.5 Å². The van der Waals surface area contributed by atoms with Crippen molar-refractivity contribution >= 4 is 29.2 Å². The summed E-state index contributed by atoms with van der Waals surface area (Å²) in [5.74, 6) is -0.439. The highest BCUT2D eigenvalue weighted by atomic mass is 32.1. The first kappa shape index (κ1) is 13.8. The second-order valence-electron chi connectivity index (χ2n) is 3.40. The predicted molar refractivity (Wildman–Crippen MR) is 71.7 cm³/mol. The molecule has 0 bridgehead atoms. The molecule has 1 rings (SSSR count). The molecule has 0 aliphatic heterocycles. The molecular formula is C10H12N4O3S. The molecule has 0 aliphatic carbocycles. The number of benzene rings is 1. The van der Waals surface area contributed by atoms with E-state index in [9.17, 15) is 15.2 Å². The molecule has 0 heterocycles. The molecule has 0 spiro atoms. The van der Waals surface area contributed by atoms with Crippen molar-refractivity contribution in [2.24, 2.45) is 10.8 Å². The van der Waals surface area contributed by atoms with E-state index in [1.54, 1.807) is 6.07 Å². The fourth-order valence-electron chi connectivity index (χ4n) is 1.31. The van der Waals surface area contributed by atoms with Crippen LogP contribution in [0.15, 0.2) is 17.2 Å². The van der Waals surface area contributed by atoms with Crippen LogP contribution in [0.1, 0.15) is 18.1 Å². The van der Waals surface area contributed by atoms with Gasteiger partial charge in [-0.2, -0.15) is 5.10 Å². The second-order valence-corrected chi connectivity index (χ2v) is 3.84. The molecule has 1 aromatic carbocycles. The Morgan fingerprint density at radius 2 is 2.39 bits per heavy atom. The summed E-state index contributed by atoms with van der Waals surface area (Å²) in [4.78, 5) is 10.1. The third kappa shape index (κ3) is 3.39. The number of phenols is 1. The summed E-state index contributed by atoms with van der Waals surface area (Å²) in [7, 11) is 0. The van der Waals surface area contributed by atoms with Gasteiger partial charge in [0.25, 0.3) is 0 Å². The first-order valence-corrected chi connectivity index (χ1v) is 5.45. The highest BCUT2D eigenvalue weighted by Gasteiger charge is 2.17. The molecule has 0 radical (unpaired) electrons. The first-order valence-electron chi connectivity index (χ1n) is 5.04. The minimum absolute atomic E-state index is 0.0353. The average molecular weight is 268 g/mol. The number of nitrogens with one attached hydrogen (secondary N) is 1. The number of nitrogens with zero attached hydrogens (tertiary/aromatic N) is 2. The van der Waals surface area contributed by atoms with Crippen molar-refractivity contribution in [3.05, 3.63) is 33.4 Å². The number of nitrogens with two attached hydrogens (primary N) is 1. The Balaban J connectivity index is 3.17. The van der Waals surface area contributed by atoms with Crippen LogP contribution >= 0.6 is 12.2 Å². The number of nitro groups is 1. The number of hydrogen-bond acceptors (Lipinski definition) is 5. The summed E-state index contributed by atoms with van der Waals surface area (Å²) >= 11 is 4.54. The van der Waals surface area contributed by atoms with Crippen LogP contribution in [-0.2, 0) is 6.42 Å². The largest absolute Gasteiger partial charge is 0.502 e. The summed E-state index contributed by atoms with van der Waals surface area (Å²) in [6.07, 6.45) is 1.82. The molecule has 18 heavy (non-hydrogen) atoms. The lowest BCUT2D eigenvalue weighted by molar-refractivity contribution is -0.385. The van der Waals surface area contributed by atoms with Crippen molar-refractivity contribution < 1.29 is 10.0 Å². The van der Waals surface area contributed by atoms with Crippen molar-refractivity contribution in [1.29, 1.82) is 0 Å². The van der Waals surface area contributed by atoms with Crippen molar-refractivity contribution in [2.45, 2.75) is 13.3 Å². The molecule has 0 aromatic heterocycles. The standard InChI is InChI=1S/C10H12N4O3S/c1-2-6-3-7(5-12-13-10(11)18)9(15)8(4-6)14(16)17/h3-5,15H,2H2,1H3,(H3,11,13,18). The number of rotatable bonds is 4. The number of thiocarbonyl (C=S) groups is 1. The van der Waals surface area contributed by atoms with Gasteiger partial charge in [-0.15, -0.1) is 0 Å². The number of aromatic hydroxyl groups is 1. The van der Waals surface area contributed by atoms with Gasteiger partial charge >= 0.3 is 5.69 Å². The Hall–Kier alpha value is -2.22. The molecule has 0 saturated heterocycles. The quantitative estimate of drug-likeness (QED) is 0.325. The Bertz CT molecular complexity index is 516. The Kier molecular flexibility index (Phi) is 4.55. The van der Waals surface area contributed by atoms with E-state index in [2.05, 4.69) is 22.7 Å². The van der Waals surface area contributed by atoms with E-state index in [1.807, 2.05) is 6.92 Å². The zero-order valence-corrected chi connectivity index (χ0v) is 10.4. The van der Waals surface area contributed by atoms with Crippen LogP contribution < -0.4 is 11.2 Å². The fraction of sp³-hybridized carbons (Fsp3) is 0.200. The first-order chi connectivity index (χ1) is 8.45. The fourth-order valence-corrected chi connectivity index (χ4v) is 1.36. The highest BCUT2D eigenvalue weighted by Crippen LogP contribution is 2.30. The SMILES string of the molecule is CCc1cc(C=NNC(N)=S)c(O)c([N+](=O)[O-])c1. The van der Waals surface area contributed by atoms with Gasteiger partial charge in [0.15, 0.2) is 5.11 Å². The van der Waals surface area contributed by atoms with E-state index in [-0.39, 0.29) is 16.4 Å². The normalized spacial score (nSPS) is 10.5. The van der Waals surface area contributed by atoms with Crippen molar-refractivity contribution in [2.75, 3.05) is 0 Å². The van der Waals surface area contributed by atoms with E-state index in [0.29, 0.717) is 6.42 Å². The van der Waals surface area contributed by atoms with E-state index in [1.165, 1.54) is 12.3 Å². The zero-order valence-electron chi connectivity index (χ0n) is 9.58. The van der Waals surface area contributed by atoms with Gasteiger partial charge < -0.3 is 10.8 Å². The number of phenolic OH excluding ortho intramolecular Hbond substituents is 1. The maximum Gasteiger partial charge on any atom is 0.311 e. The van der Waals surface area contributed by atoms with Crippen LogP contribution in [0.5, 0.6) is 5.75 Å². The number of hydrazone groups is 1. The van der Waals surface area contributed by atoms with Crippen LogP contribution in [0.4, 0.5) is 5.69 Å². The van der Waals surface area contributed by atoms with Crippen LogP contribution in [0.3, 0.4) is 0 Å². The van der Waals surface area contributed by atoms with Crippen LogP contribution in [0.2, 0.25) is 0 Å². The Morgan fingerprint density at radius 1 is 1.72 bits per heavy atom. The van der Waals surface area contributed by atoms with Crippen LogP contribution in [-0.4, -0.2) is 21.4 Å². The summed E-state index contributed by atoms with van der Waals surface area (Å²) in [5.41, 5.74) is 8.06. The van der Waals surface area contributed by atoms with Gasteiger partial charge in [0.2, 0.25) is 5.75 Å². The summed E-state index contributed by atoms with van der Waals surface area (Å²) in [6.45, 7) is 1.85. The predicted octanol–water partition coefficient (Wildman–Crippen LogP) is 1.03. The third-order valence-electron chi connectivity index (χ3n) is 2.16. The molecule has 0 saturated carbocycles. The number of aryl methyl sites for hydroxylation is 1. The zero-order chi connectivity index (χ0) is 13.7. The van der Waals surface area contributed by atoms with Crippen molar-refractivity contribution in [3.8, 4) is 5.75 Å². The third-order valence-corrected chi connectivity index (χ3v) is 2.25. The molecule has 1 aromatic rings. The smallest absolute Gasteiger partial charge is 0.311 e. The van der Waals surface area contributed by atoms with Crippen molar-refractivity contribution in [3.63, 3.8) is 0 Å². The molecule has 7 nitrogen and oxygen atoms in total. The van der Waals surface area contributed by atoms with Gasteiger partial charge in [-0.1, -0.05) is 6.92 Å². The van der Waals surface area contributed by atoms with Gasteiger partial charge in [-0.05, 0) is 30.3 Å². The molecule has 0 atom stereocenters. The van der Waals surface area contributed by atoms with Gasteiger partial charge in [0, 0.05) is 11.6 Å². The van der Waals surface area contributed by atoms with Crippen LogP contribution in [0.25, 0.3) is 0 Å². The summed E-state index contributed by atoms with van der Waals surface area (Å²) in [5, 5.41) is 24.1. The lowest BCUT2D eigenvalue weighted by atomic mass is 10.1. The maximum absolute atomic E-state index is 10.8. The number of hydrogen-bond donors (Lipinski definition) is 3. The van der Waals surface area contributed by atoms with E-state index in [0.717, 1.165) is 5.56 Å². The molecule has 4 N–H and O–H groups in total. The lowest BCUT2D eigenvalue weighted by Crippen LogP contribution is -2.24. The topological polar surface area (TPSA) is 114 Å². The van der Waals surface area contributed by atoms with Gasteiger partial charge in [0.1, 0.15) is 0 Å². The molecular weight excluding hydrogens is 256 g/mol. The second kappa shape index (κ2) is 5.92. The number of nitro benzene ring substituents is 1. The molecule has 8 heteroatoms. The monoisotopic (exact) mass is 268 g/mol. The molecule has 0 amide bonds. The molecule has 0 fully saturated rings.